The minimum Gasteiger partial charge on any atom is -0.319 e. The zero-order chi connectivity index (χ0) is 23.1. The first-order valence-electron chi connectivity index (χ1n) is 7.50. The third-order valence-electron chi connectivity index (χ3n) is 3.82. The SMILES string of the molecule is O=C(Nc1c(Cl)cc(C(F)(C(F)(F)F)C(F)(F)F)cc1Cl)c1ccc(N(O)O)cc1. The number of nitrogens with one attached hydrogen (secondary N) is 1. The predicted octanol–water partition coefficient (Wildman–Crippen LogP) is 6.12. The lowest BCUT2D eigenvalue weighted by atomic mass is 9.94. The molecule has 2 aromatic rings. The van der Waals surface area contributed by atoms with Crippen LogP contribution in [0.25, 0.3) is 0 Å². The predicted molar refractivity (Wildman–Crippen MR) is 91.8 cm³/mol. The number of halogens is 9. The second-order valence-electron chi connectivity index (χ2n) is 5.76. The molecule has 0 unspecified atom stereocenters. The summed E-state index contributed by atoms with van der Waals surface area (Å²) in [6.07, 6.45) is -12.7. The molecule has 0 aliphatic rings. The highest BCUT2D eigenvalue weighted by Gasteiger charge is 2.73. The van der Waals surface area contributed by atoms with E-state index in [-0.39, 0.29) is 28.6 Å². The van der Waals surface area contributed by atoms with Crippen molar-refractivity contribution in [2.24, 2.45) is 0 Å². The topological polar surface area (TPSA) is 72.8 Å². The van der Waals surface area contributed by atoms with Gasteiger partial charge >= 0.3 is 18.0 Å². The highest BCUT2D eigenvalue weighted by atomic mass is 35.5. The van der Waals surface area contributed by atoms with Gasteiger partial charge in [-0.3, -0.25) is 15.2 Å². The van der Waals surface area contributed by atoms with Crippen LogP contribution < -0.4 is 10.5 Å². The number of carbonyl (C=O) groups excluding carboxylic acids is 1. The van der Waals surface area contributed by atoms with Gasteiger partial charge in [0.2, 0.25) is 0 Å². The third kappa shape index (κ3) is 4.41. The Morgan fingerprint density at radius 3 is 1.67 bits per heavy atom. The molecule has 2 aromatic carbocycles. The van der Waals surface area contributed by atoms with Crippen LogP contribution in [0.3, 0.4) is 0 Å². The van der Waals surface area contributed by atoms with E-state index >= 15 is 0 Å². The van der Waals surface area contributed by atoms with Crippen molar-refractivity contribution in [1.29, 1.82) is 0 Å². The van der Waals surface area contributed by atoms with Crippen molar-refractivity contribution in [3.05, 3.63) is 57.6 Å². The number of anilines is 2. The van der Waals surface area contributed by atoms with Crippen molar-refractivity contribution in [1.82, 2.24) is 0 Å². The zero-order valence-corrected chi connectivity index (χ0v) is 15.6. The van der Waals surface area contributed by atoms with Crippen molar-refractivity contribution in [2.75, 3.05) is 10.5 Å². The number of carbonyl (C=O) groups is 1. The number of amides is 1. The Bertz CT molecular complexity index is 910. The molecule has 0 radical (unpaired) electrons. The summed E-state index contributed by atoms with van der Waals surface area (Å²) in [5.74, 6) is -0.946. The van der Waals surface area contributed by atoms with Gasteiger partial charge in [-0.2, -0.15) is 26.3 Å². The van der Waals surface area contributed by atoms with Gasteiger partial charge < -0.3 is 5.32 Å². The van der Waals surface area contributed by atoms with Gasteiger partial charge in [-0.15, -0.1) is 5.23 Å². The van der Waals surface area contributed by atoms with Crippen LogP contribution in [0, 0.1) is 0 Å². The molecule has 0 atom stereocenters. The summed E-state index contributed by atoms with van der Waals surface area (Å²) in [5, 5.41) is 17.7. The van der Waals surface area contributed by atoms with Crippen LogP contribution in [-0.2, 0) is 5.67 Å². The molecule has 0 saturated carbocycles. The molecule has 0 heterocycles. The quantitative estimate of drug-likeness (QED) is 0.364. The van der Waals surface area contributed by atoms with Crippen molar-refractivity contribution in [3.8, 4) is 0 Å². The second kappa shape index (κ2) is 8.10. The standard InChI is InChI=1S/C16H9Cl2F7N2O3/c17-10-5-8(14(19,15(20,21)22)16(23,24)25)6-11(18)12(10)26-13(28)7-1-3-9(4-2-7)27(29)30/h1-6,29-30H,(H,26,28). The first kappa shape index (κ1) is 24.0. The van der Waals surface area contributed by atoms with E-state index in [4.69, 9.17) is 33.6 Å². The Balaban J connectivity index is 2.42. The van der Waals surface area contributed by atoms with Crippen LogP contribution in [-0.4, -0.2) is 28.7 Å². The maximum absolute atomic E-state index is 14.2. The van der Waals surface area contributed by atoms with E-state index in [2.05, 4.69) is 5.32 Å². The average Bonchev–Trinajstić information content (AvgIpc) is 2.61. The van der Waals surface area contributed by atoms with E-state index in [1.54, 1.807) is 0 Å². The lowest BCUT2D eigenvalue weighted by Crippen LogP contribution is -2.50. The fraction of sp³-hybridized carbons (Fsp3) is 0.188. The Hall–Kier alpha value is -2.28. The summed E-state index contributed by atoms with van der Waals surface area (Å²) in [7, 11) is 0. The van der Waals surface area contributed by atoms with E-state index in [0.717, 1.165) is 24.3 Å². The molecule has 3 N–H and O–H groups in total. The summed E-state index contributed by atoms with van der Waals surface area (Å²) in [5.41, 5.74) is -8.45. The van der Waals surface area contributed by atoms with Gasteiger partial charge in [0.05, 0.1) is 21.4 Å². The highest BCUT2D eigenvalue weighted by molar-refractivity contribution is 6.40. The molecule has 0 aliphatic carbocycles. The Kier molecular flexibility index (Phi) is 6.48. The molecular formula is C16H9Cl2F7N2O3. The van der Waals surface area contributed by atoms with Gasteiger partial charge in [0, 0.05) is 11.1 Å². The second-order valence-corrected chi connectivity index (χ2v) is 6.57. The lowest BCUT2D eigenvalue weighted by Gasteiger charge is -2.30. The van der Waals surface area contributed by atoms with E-state index in [9.17, 15) is 35.5 Å². The summed E-state index contributed by atoms with van der Waals surface area (Å²) >= 11 is 11.3. The van der Waals surface area contributed by atoms with E-state index < -0.39 is 45.2 Å². The van der Waals surface area contributed by atoms with Crippen LogP contribution in [0.4, 0.5) is 42.1 Å². The minimum atomic E-state index is -6.36. The fourth-order valence-electron chi connectivity index (χ4n) is 2.31. The van der Waals surface area contributed by atoms with Crippen LogP contribution in [0.5, 0.6) is 0 Å². The number of nitrogens with zero attached hydrogens (tertiary/aromatic N) is 1. The van der Waals surface area contributed by atoms with Crippen LogP contribution in [0.1, 0.15) is 15.9 Å². The number of hydrogen-bond donors (Lipinski definition) is 3. The smallest absolute Gasteiger partial charge is 0.319 e. The fourth-order valence-corrected chi connectivity index (χ4v) is 2.89. The first-order valence-corrected chi connectivity index (χ1v) is 8.26. The van der Waals surface area contributed by atoms with Gasteiger partial charge in [0.25, 0.3) is 5.91 Å². The number of rotatable bonds is 4. The van der Waals surface area contributed by atoms with E-state index in [0.29, 0.717) is 0 Å². The average molecular weight is 481 g/mol. The molecule has 5 nitrogen and oxygen atoms in total. The van der Waals surface area contributed by atoms with Crippen LogP contribution in [0.15, 0.2) is 36.4 Å². The third-order valence-corrected chi connectivity index (χ3v) is 4.42. The van der Waals surface area contributed by atoms with Crippen LogP contribution >= 0.6 is 23.2 Å². The molecule has 164 valence electrons. The Labute approximate surface area is 173 Å². The highest BCUT2D eigenvalue weighted by Crippen LogP contribution is 2.54. The number of benzene rings is 2. The molecule has 0 aromatic heterocycles. The molecule has 0 aliphatic heterocycles. The molecule has 14 heteroatoms. The monoisotopic (exact) mass is 480 g/mol. The summed E-state index contributed by atoms with van der Waals surface area (Å²) in [6.45, 7) is 0. The van der Waals surface area contributed by atoms with Crippen molar-refractivity contribution < 1.29 is 45.9 Å². The van der Waals surface area contributed by atoms with Crippen molar-refractivity contribution in [3.63, 3.8) is 0 Å². The molecule has 0 spiro atoms. The maximum Gasteiger partial charge on any atom is 0.435 e. The van der Waals surface area contributed by atoms with Crippen LogP contribution in [0.2, 0.25) is 10.0 Å². The Morgan fingerprint density at radius 2 is 1.30 bits per heavy atom. The summed E-state index contributed by atoms with van der Waals surface area (Å²) in [6, 6.07) is 4.54. The van der Waals surface area contributed by atoms with E-state index in [1.807, 2.05) is 0 Å². The first-order chi connectivity index (χ1) is 13.6. The molecule has 0 bridgehead atoms. The molecule has 1 amide bonds. The lowest BCUT2D eigenvalue weighted by molar-refractivity contribution is -0.348. The van der Waals surface area contributed by atoms with E-state index in [1.165, 1.54) is 0 Å². The van der Waals surface area contributed by atoms with Gasteiger partial charge in [0.15, 0.2) is 0 Å². The zero-order valence-electron chi connectivity index (χ0n) is 14.1. The minimum absolute atomic E-state index is 0.0581. The van der Waals surface area contributed by atoms with Crippen molar-refractivity contribution in [2.45, 2.75) is 18.0 Å². The van der Waals surface area contributed by atoms with Gasteiger partial charge in [0.1, 0.15) is 0 Å². The van der Waals surface area contributed by atoms with Crippen molar-refractivity contribution >= 4 is 40.5 Å². The largest absolute Gasteiger partial charge is 0.435 e. The molecular weight excluding hydrogens is 472 g/mol. The normalized spacial score (nSPS) is 12.6. The number of hydrogen-bond acceptors (Lipinski definition) is 4. The number of alkyl halides is 7. The molecule has 30 heavy (non-hydrogen) atoms. The maximum atomic E-state index is 14.2. The molecule has 2 rings (SSSR count). The van der Waals surface area contributed by atoms with Gasteiger partial charge in [-0.1, -0.05) is 23.2 Å². The van der Waals surface area contributed by atoms with Gasteiger partial charge in [-0.05, 0) is 36.4 Å². The molecule has 0 saturated heterocycles. The summed E-state index contributed by atoms with van der Waals surface area (Å²) < 4.78 is 91.4. The Morgan fingerprint density at radius 1 is 0.867 bits per heavy atom. The van der Waals surface area contributed by atoms with Gasteiger partial charge in [-0.25, -0.2) is 4.39 Å². The summed E-state index contributed by atoms with van der Waals surface area (Å²) in [4.78, 5) is 12.2. The molecule has 0 fully saturated rings.